The van der Waals surface area contributed by atoms with Crippen LogP contribution in [-0.4, -0.2) is 45.0 Å². The van der Waals surface area contributed by atoms with E-state index in [0.29, 0.717) is 29.7 Å². The van der Waals surface area contributed by atoms with Crippen molar-refractivity contribution in [3.8, 4) is 0 Å². The number of halogens is 1. The lowest BCUT2D eigenvalue weighted by atomic mass is 10.1. The first-order chi connectivity index (χ1) is 13.9. The molecule has 0 saturated carbocycles. The van der Waals surface area contributed by atoms with Gasteiger partial charge in [-0.25, -0.2) is 0 Å². The highest BCUT2D eigenvalue weighted by molar-refractivity contribution is 7.15. The minimum Gasteiger partial charge on any atom is -0.361 e. The number of H-pyrrole nitrogens is 1. The van der Waals surface area contributed by atoms with Crippen molar-refractivity contribution in [1.82, 2.24) is 20.1 Å². The number of nitrogens with zero attached hydrogens (tertiary/aromatic N) is 3. The zero-order chi connectivity index (χ0) is 20.5. The summed E-state index contributed by atoms with van der Waals surface area (Å²) >= 11 is 7.48. The fourth-order valence-corrected chi connectivity index (χ4v) is 4.42. The Morgan fingerprint density at radius 3 is 3.00 bits per heavy atom. The van der Waals surface area contributed by atoms with E-state index in [2.05, 4.69) is 20.5 Å². The van der Waals surface area contributed by atoms with E-state index in [1.165, 1.54) is 11.3 Å². The lowest BCUT2D eigenvalue weighted by Crippen LogP contribution is -2.30. The molecular formula is C20H22ClN5O2S. The molecule has 152 valence electrons. The number of amides is 2. The second-order valence-electron chi connectivity index (χ2n) is 7.58. The van der Waals surface area contributed by atoms with Crippen LogP contribution in [0.1, 0.15) is 36.8 Å². The zero-order valence-electron chi connectivity index (χ0n) is 16.2. The third-order valence-corrected chi connectivity index (χ3v) is 6.50. The maximum absolute atomic E-state index is 12.6. The van der Waals surface area contributed by atoms with Gasteiger partial charge < -0.3 is 15.2 Å². The number of benzene rings is 1. The molecule has 1 aromatic carbocycles. The summed E-state index contributed by atoms with van der Waals surface area (Å²) in [5.41, 5.74) is 2.13. The number of aromatic amines is 1. The normalized spacial score (nSPS) is 16.9. The Morgan fingerprint density at radius 1 is 1.41 bits per heavy atom. The first-order valence-corrected chi connectivity index (χ1v) is 10.8. The van der Waals surface area contributed by atoms with Gasteiger partial charge in [-0.3, -0.25) is 9.59 Å². The molecule has 0 unspecified atom stereocenters. The van der Waals surface area contributed by atoms with E-state index in [4.69, 9.17) is 11.6 Å². The predicted molar refractivity (Wildman–Crippen MR) is 114 cm³/mol. The molecule has 0 radical (unpaired) electrons. The summed E-state index contributed by atoms with van der Waals surface area (Å²) in [5.74, 6) is -0.276. The Morgan fingerprint density at radius 2 is 2.24 bits per heavy atom. The molecule has 7 nitrogen and oxygen atoms in total. The van der Waals surface area contributed by atoms with Crippen LogP contribution in [-0.2, 0) is 16.0 Å². The van der Waals surface area contributed by atoms with Crippen molar-refractivity contribution in [3.05, 3.63) is 40.0 Å². The van der Waals surface area contributed by atoms with Crippen molar-refractivity contribution >= 4 is 50.8 Å². The van der Waals surface area contributed by atoms with Crippen molar-refractivity contribution in [2.75, 3.05) is 18.4 Å². The van der Waals surface area contributed by atoms with Crippen LogP contribution in [0.15, 0.2) is 24.4 Å². The molecule has 1 atom stereocenters. The Kier molecular flexibility index (Phi) is 5.56. The average Bonchev–Trinajstić information content (AvgIpc) is 3.39. The van der Waals surface area contributed by atoms with Gasteiger partial charge in [0.25, 0.3) is 0 Å². The molecular weight excluding hydrogens is 410 g/mol. The smallest absolute Gasteiger partial charge is 0.231 e. The van der Waals surface area contributed by atoms with Crippen LogP contribution in [0.5, 0.6) is 0 Å². The van der Waals surface area contributed by atoms with E-state index in [1.54, 1.807) is 4.90 Å². The first kappa shape index (κ1) is 19.8. The van der Waals surface area contributed by atoms with Crippen LogP contribution in [0, 0.1) is 5.92 Å². The summed E-state index contributed by atoms with van der Waals surface area (Å²) in [6.45, 7) is 5.05. The number of nitrogens with one attached hydrogen (secondary N) is 2. The van der Waals surface area contributed by atoms with Gasteiger partial charge in [-0.1, -0.05) is 36.8 Å². The highest BCUT2D eigenvalue weighted by Gasteiger charge is 2.34. The number of carbonyl (C=O) groups is 2. The van der Waals surface area contributed by atoms with Crippen LogP contribution in [0.3, 0.4) is 0 Å². The molecule has 0 aliphatic carbocycles. The number of anilines is 1. The summed E-state index contributed by atoms with van der Waals surface area (Å²) in [4.78, 5) is 29.9. The number of aromatic nitrogens is 3. The molecule has 0 bridgehead atoms. The van der Waals surface area contributed by atoms with Crippen LogP contribution < -0.4 is 5.32 Å². The molecule has 0 spiro atoms. The van der Waals surface area contributed by atoms with Crippen molar-refractivity contribution in [2.24, 2.45) is 5.92 Å². The van der Waals surface area contributed by atoms with E-state index in [9.17, 15) is 9.59 Å². The number of rotatable bonds is 6. The maximum atomic E-state index is 12.6. The largest absolute Gasteiger partial charge is 0.361 e. The molecule has 3 heterocycles. The minimum atomic E-state index is -0.369. The summed E-state index contributed by atoms with van der Waals surface area (Å²) < 4.78 is 0. The topological polar surface area (TPSA) is 91.0 Å². The Balaban J connectivity index is 1.36. The molecule has 1 saturated heterocycles. The Bertz CT molecular complexity index is 1060. The second kappa shape index (κ2) is 8.12. The van der Waals surface area contributed by atoms with E-state index in [1.807, 2.05) is 38.2 Å². The van der Waals surface area contributed by atoms with Crippen molar-refractivity contribution in [2.45, 2.75) is 32.6 Å². The summed E-state index contributed by atoms with van der Waals surface area (Å²) in [6.07, 6.45) is 2.88. The molecule has 3 aromatic rings. The number of likely N-dealkylation sites (tertiary alicyclic amines) is 1. The van der Waals surface area contributed by atoms with Gasteiger partial charge in [0.1, 0.15) is 5.01 Å². The van der Waals surface area contributed by atoms with Gasteiger partial charge in [0, 0.05) is 47.6 Å². The van der Waals surface area contributed by atoms with Gasteiger partial charge in [-0.05, 0) is 30.2 Å². The summed E-state index contributed by atoms with van der Waals surface area (Å²) in [6, 6.07) is 5.72. The lowest BCUT2D eigenvalue weighted by Gasteiger charge is -2.16. The quantitative estimate of drug-likeness (QED) is 0.620. The molecule has 4 rings (SSSR count). The predicted octanol–water partition coefficient (Wildman–Crippen LogP) is 3.83. The molecule has 2 aromatic heterocycles. The highest BCUT2D eigenvalue weighted by Crippen LogP contribution is 2.26. The van der Waals surface area contributed by atoms with Crippen molar-refractivity contribution < 1.29 is 9.59 Å². The average molecular weight is 432 g/mol. The molecule has 29 heavy (non-hydrogen) atoms. The van der Waals surface area contributed by atoms with Crippen LogP contribution in [0.25, 0.3) is 10.9 Å². The van der Waals surface area contributed by atoms with Gasteiger partial charge >= 0.3 is 0 Å². The highest BCUT2D eigenvalue weighted by atomic mass is 35.5. The third-order valence-electron chi connectivity index (χ3n) is 5.13. The first-order valence-electron chi connectivity index (χ1n) is 9.58. The summed E-state index contributed by atoms with van der Waals surface area (Å²) in [5, 5.41) is 14.0. The third kappa shape index (κ3) is 4.28. The van der Waals surface area contributed by atoms with Crippen molar-refractivity contribution in [1.29, 1.82) is 0 Å². The maximum Gasteiger partial charge on any atom is 0.231 e. The van der Waals surface area contributed by atoms with Crippen LogP contribution in [0.2, 0.25) is 5.02 Å². The van der Waals surface area contributed by atoms with E-state index in [-0.39, 0.29) is 30.1 Å². The summed E-state index contributed by atoms with van der Waals surface area (Å²) in [7, 11) is 0. The van der Waals surface area contributed by atoms with Gasteiger partial charge in [-0.15, -0.1) is 10.2 Å². The Hall–Kier alpha value is -2.45. The second-order valence-corrected chi connectivity index (χ2v) is 9.03. The number of hydrogen-bond acceptors (Lipinski definition) is 5. The van der Waals surface area contributed by atoms with Gasteiger partial charge in [-0.2, -0.15) is 0 Å². The van der Waals surface area contributed by atoms with Crippen molar-refractivity contribution in [3.63, 3.8) is 0 Å². The fourth-order valence-electron chi connectivity index (χ4n) is 3.50. The number of carbonyl (C=O) groups excluding carboxylic acids is 2. The standard InChI is InChI=1S/C20H22ClN5O2S/c1-11(2)19-24-25-20(29-19)23-18(28)13-7-17(27)26(10-13)6-5-12-9-22-16-4-3-14(21)8-15(12)16/h3-4,8-9,11,13,22H,5-7,10H2,1-2H3,(H,23,25,28)/t13-/m0/s1. The van der Waals surface area contributed by atoms with Gasteiger partial charge in [0.15, 0.2) is 0 Å². The van der Waals surface area contributed by atoms with Crippen LogP contribution in [0.4, 0.5) is 5.13 Å². The minimum absolute atomic E-state index is 0.00292. The molecule has 2 N–H and O–H groups in total. The monoisotopic (exact) mass is 431 g/mol. The van der Waals surface area contributed by atoms with Gasteiger partial charge in [0.2, 0.25) is 16.9 Å². The van der Waals surface area contributed by atoms with E-state index < -0.39 is 0 Å². The van der Waals surface area contributed by atoms with E-state index in [0.717, 1.165) is 21.5 Å². The molecule has 1 aliphatic heterocycles. The SMILES string of the molecule is CC(C)c1nnc(NC(=O)[C@H]2CC(=O)N(CCc3c[nH]c4ccc(Cl)cc34)C2)s1. The number of hydrogen-bond donors (Lipinski definition) is 2. The Labute approximate surface area is 177 Å². The fraction of sp³-hybridized carbons (Fsp3) is 0.400. The molecule has 2 amide bonds. The zero-order valence-corrected chi connectivity index (χ0v) is 17.8. The number of fused-ring (bicyclic) bond motifs is 1. The molecule has 1 aliphatic rings. The van der Waals surface area contributed by atoms with E-state index >= 15 is 0 Å². The lowest BCUT2D eigenvalue weighted by molar-refractivity contribution is -0.128. The molecule has 9 heteroatoms. The van der Waals surface area contributed by atoms with Crippen LogP contribution >= 0.6 is 22.9 Å². The van der Waals surface area contributed by atoms with Gasteiger partial charge in [0.05, 0.1) is 5.92 Å². The molecule has 1 fully saturated rings.